The molecule has 11 aromatic rings. The Morgan fingerprint density at radius 1 is 0.382 bits per heavy atom. The average Bonchev–Trinajstić information content (AvgIpc) is 3.26. The maximum Gasteiger partial charge on any atom is 0.446 e. The topological polar surface area (TPSA) is 299 Å². The molecular weight excluding hydrogens is 969 g/mol. The van der Waals surface area contributed by atoms with Crippen LogP contribution in [0.3, 0.4) is 0 Å². The fraction of sp³-hybridized carbons (Fsp3) is 0. The fourth-order valence-corrected chi connectivity index (χ4v) is 10.8. The maximum atomic E-state index is 14.6. The Bertz CT molecular complexity index is 4620. The molecule has 0 saturated heterocycles. The first kappa shape index (κ1) is 43.0. The smallest absolute Gasteiger partial charge is 0.360 e. The van der Waals surface area contributed by atoms with Gasteiger partial charge in [-0.05, 0) is 52.6 Å². The number of benzene rings is 10. The number of hydrogen-bond donors (Lipinski definition) is 6. The summed E-state index contributed by atoms with van der Waals surface area (Å²) in [6.07, 6.45) is 0. The molecule has 10 aromatic carbocycles. The highest BCUT2D eigenvalue weighted by atomic mass is 32.3. The Hall–Kier alpha value is -7.61. The molecule has 11 rings (SSSR count). The minimum atomic E-state index is -5.18. The summed E-state index contributed by atoms with van der Waals surface area (Å²) in [4.78, 5) is 17.9. The van der Waals surface area contributed by atoms with Gasteiger partial charge in [-0.3, -0.25) is 23.0 Å². The average molecular weight is 995 g/mol. The van der Waals surface area contributed by atoms with Crippen LogP contribution in [0.25, 0.3) is 97.2 Å². The van der Waals surface area contributed by atoms with Crippen LogP contribution in [0.1, 0.15) is 0 Å². The van der Waals surface area contributed by atoms with Gasteiger partial charge in [-0.25, -0.2) is 0 Å². The molecule has 19 nitrogen and oxygen atoms in total. The largest absolute Gasteiger partial charge is 0.446 e. The van der Waals surface area contributed by atoms with Gasteiger partial charge in [-0.1, -0.05) is 84.9 Å². The van der Waals surface area contributed by atoms with Crippen molar-refractivity contribution in [1.82, 2.24) is 4.98 Å². The Labute approximate surface area is 381 Å². The van der Waals surface area contributed by atoms with Crippen molar-refractivity contribution in [2.75, 3.05) is 5.32 Å². The zero-order valence-electron chi connectivity index (χ0n) is 33.8. The number of anilines is 2. The van der Waals surface area contributed by atoms with E-state index in [-0.39, 0.29) is 76.9 Å². The molecule has 1 heterocycles. The van der Waals surface area contributed by atoms with Crippen LogP contribution in [-0.4, -0.2) is 56.9 Å². The van der Waals surface area contributed by atoms with Crippen molar-refractivity contribution in [3.63, 3.8) is 0 Å². The Morgan fingerprint density at radius 3 is 1.41 bits per heavy atom. The van der Waals surface area contributed by atoms with Crippen molar-refractivity contribution in [2.45, 2.75) is 0 Å². The third-order valence-electron chi connectivity index (χ3n) is 11.6. The van der Waals surface area contributed by atoms with Gasteiger partial charge < -0.3 is 27.0 Å². The number of hydrogen-bond acceptors (Lipinski definition) is 14. The van der Waals surface area contributed by atoms with E-state index in [0.717, 1.165) is 0 Å². The molecule has 0 radical (unpaired) electrons. The molecule has 0 spiro atoms. The number of aromatic nitrogens is 1. The van der Waals surface area contributed by atoms with Crippen LogP contribution in [0.15, 0.2) is 126 Å². The Kier molecular flexibility index (Phi) is 9.29. The van der Waals surface area contributed by atoms with E-state index in [1.165, 1.54) is 72.8 Å². The van der Waals surface area contributed by atoms with Crippen molar-refractivity contribution >= 4 is 150 Å². The highest BCUT2D eigenvalue weighted by Crippen LogP contribution is 2.50. The number of pyridine rings is 1. The molecule has 0 aliphatic heterocycles. The lowest BCUT2D eigenvalue weighted by molar-refractivity contribution is 0.385. The van der Waals surface area contributed by atoms with Crippen LogP contribution in [0.4, 0.5) is 11.4 Å². The summed E-state index contributed by atoms with van der Waals surface area (Å²) in [5.41, 5.74) is 0.680. The van der Waals surface area contributed by atoms with Crippen molar-refractivity contribution in [3.8, 4) is 23.0 Å². The van der Waals surface area contributed by atoms with Gasteiger partial charge in [0.15, 0.2) is 28.4 Å². The van der Waals surface area contributed by atoms with Gasteiger partial charge >= 0.3 is 41.6 Å². The van der Waals surface area contributed by atoms with E-state index < -0.39 is 52.8 Å². The quantitative estimate of drug-likeness (QED) is 0.0424. The number of fused-ring (bicyclic) bond motifs is 9. The van der Waals surface area contributed by atoms with Gasteiger partial charge in [-0.2, -0.15) is 33.7 Å². The predicted octanol–water partition coefficient (Wildman–Crippen LogP) is 8.66. The number of aromatic amines is 1. The molecular formula is C45H26N2O17S4. The standard InChI is InChI=1S/C45H26N2O17S4/c48-41-30-16-14-24-25-15-17-32-39(45(64-68(58,59)60)29-9-4-2-7-27(29)43(32)62-66(52,53)54)40(25)47-35-19-18-23(36(30)37(24)35)22-13-12-21(20-33(22)41)46-34-11-5-10-31-38(34)44(63-67(55,56)57)28-8-3-1-6-26(28)42(31)61-65(49,50)51/h1-20,46-47H,(H,49,50,51)(H,52,53,54)(H,55,56,57)(H,58,59,60). The molecule has 68 heavy (non-hydrogen) atoms. The summed E-state index contributed by atoms with van der Waals surface area (Å²) in [7, 11) is -20.6. The van der Waals surface area contributed by atoms with Gasteiger partial charge in [0, 0.05) is 70.5 Å². The maximum absolute atomic E-state index is 14.6. The highest BCUT2D eigenvalue weighted by molar-refractivity contribution is 7.82. The molecule has 0 saturated carbocycles. The predicted molar refractivity (Wildman–Crippen MR) is 254 cm³/mol. The second kappa shape index (κ2) is 14.7. The number of H-pyrrole nitrogens is 1. The molecule has 1 aromatic heterocycles. The van der Waals surface area contributed by atoms with Crippen LogP contribution in [-0.2, 0) is 41.6 Å². The minimum absolute atomic E-state index is 0.00956. The van der Waals surface area contributed by atoms with Crippen molar-refractivity contribution in [3.05, 3.63) is 132 Å². The molecule has 0 bridgehead atoms. The van der Waals surface area contributed by atoms with E-state index in [0.29, 0.717) is 48.9 Å². The Balaban J connectivity index is 1.13. The van der Waals surface area contributed by atoms with Crippen molar-refractivity contribution < 1.29 is 68.6 Å². The molecule has 0 unspecified atom stereocenters. The van der Waals surface area contributed by atoms with Crippen LogP contribution < -0.4 is 27.5 Å². The minimum Gasteiger partial charge on any atom is -0.360 e. The number of nitrogens with one attached hydrogen (secondary N) is 2. The van der Waals surface area contributed by atoms with E-state index in [9.17, 15) is 56.7 Å². The lowest BCUT2D eigenvalue weighted by atomic mass is 9.90. The normalized spacial score (nSPS) is 12.9. The summed E-state index contributed by atoms with van der Waals surface area (Å²) in [5, 5.41) is 6.91. The van der Waals surface area contributed by atoms with Crippen LogP contribution in [0, 0.1) is 0 Å². The van der Waals surface area contributed by atoms with Crippen LogP contribution >= 0.6 is 0 Å². The van der Waals surface area contributed by atoms with E-state index in [1.54, 1.807) is 48.5 Å². The molecule has 0 aliphatic carbocycles. The summed E-state index contributed by atoms with van der Waals surface area (Å²) in [6, 6.07) is 30.7. The number of rotatable bonds is 10. The fourth-order valence-electron chi connectivity index (χ4n) is 9.28. The van der Waals surface area contributed by atoms with Crippen LogP contribution in [0.2, 0.25) is 0 Å². The zero-order chi connectivity index (χ0) is 47.8. The van der Waals surface area contributed by atoms with Gasteiger partial charge in [-0.15, -0.1) is 0 Å². The lowest BCUT2D eigenvalue weighted by Gasteiger charge is -2.19. The summed E-state index contributed by atoms with van der Waals surface area (Å²) >= 11 is 0. The van der Waals surface area contributed by atoms with Gasteiger partial charge in [0.2, 0.25) is 0 Å². The molecule has 0 fully saturated rings. The van der Waals surface area contributed by atoms with Gasteiger partial charge in [0.1, 0.15) is 0 Å². The monoisotopic (exact) mass is 994 g/mol. The van der Waals surface area contributed by atoms with Crippen molar-refractivity contribution in [1.29, 1.82) is 0 Å². The summed E-state index contributed by atoms with van der Waals surface area (Å²) in [6.45, 7) is 0. The highest BCUT2D eigenvalue weighted by Gasteiger charge is 2.28. The first-order chi connectivity index (χ1) is 32.1. The van der Waals surface area contributed by atoms with E-state index in [2.05, 4.69) is 10.3 Å². The van der Waals surface area contributed by atoms with Gasteiger partial charge in [0.25, 0.3) is 0 Å². The van der Waals surface area contributed by atoms with E-state index in [1.807, 2.05) is 0 Å². The third-order valence-corrected chi connectivity index (χ3v) is 13.1. The molecule has 0 aliphatic rings. The molecule has 0 amide bonds. The first-order valence-electron chi connectivity index (χ1n) is 19.6. The SMILES string of the molecule is O=c1c2cc(Nc3cccc4c(OS(=O)(=O)O)c5ccccc5c(OS(=O)(=O)O)c34)ccc2c2ccc3[nH]c4c(ccc5c(OS(=O)(=O)O)c6ccccc6c(OS(=O)(=O)O)c54)c4ccc1c2c34. The molecule has 23 heteroatoms. The summed E-state index contributed by atoms with van der Waals surface area (Å²) in [5.74, 6) is -1.51. The third kappa shape index (κ3) is 7.12. The van der Waals surface area contributed by atoms with Crippen molar-refractivity contribution in [2.24, 2.45) is 0 Å². The second-order valence-electron chi connectivity index (χ2n) is 15.5. The second-order valence-corrected chi connectivity index (χ2v) is 19.6. The summed E-state index contributed by atoms with van der Waals surface area (Å²) < 4.78 is 157. The molecule has 6 N–H and O–H groups in total. The molecule has 342 valence electrons. The van der Waals surface area contributed by atoms with E-state index >= 15 is 0 Å². The van der Waals surface area contributed by atoms with Crippen LogP contribution in [0.5, 0.6) is 23.0 Å². The molecule has 0 atom stereocenters. The van der Waals surface area contributed by atoms with E-state index in [4.69, 9.17) is 16.7 Å². The Morgan fingerprint density at radius 2 is 0.824 bits per heavy atom. The van der Waals surface area contributed by atoms with Gasteiger partial charge in [0.05, 0.1) is 22.0 Å². The lowest BCUT2D eigenvalue weighted by Crippen LogP contribution is -2.10. The zero-order valence-corrected chi connectivity index (χ0v) is 37.0. The first-order valence-corrected chi connectivity index (χ1v) is 25.1.